The van der Waals surface area contributed by atoms with Crippen LogP contribution in [0.4, 0.5) is 4.79 Å². The molecule has 1 atom stereocenters. The largest absolute Gasteiger partial charge is 0.465 e. The lowest BCUT2D eigenvalue weighted by molar-refractivity contribution is 0.141. The minimum absolute atomic E-state index is 0. The summed E-state index contributed by atoms with van der Waals surface area (Å²) in [7, 11) is 0. The number of amides is 1. The van der Waals surface area contributed by atoms with Crippen LogP contribution in [0.1, 0.15) is 18.9 Å². The molecule has 5 heteroatoms. The van der Waals surface area contributed by atoms with Crippen LogP contribution < -0.4 is 5.73 Å². The van der Waals surface area contributed by atoms with Gasteiger partial charge in [-0.15, -0.1) is 12.4 Å². The van der Waals surface area contributed by atoms with Gasteiger partial charge in [-0.2, -0.15) is 0 Å². The van der Waals surface area contributed by atoms with E-state index in [2.05, 4.69) is 0 Å². The lowest BCUT2D eigenvalue weighted by Crippen LogP contribution is -2.33. The molecule has 17 heavy (non-hydrogen) atoms. The molecule has 1 amide bonds. The molecule has 0 radical (unpaired) electrons. The molecular weight excluding hydrogens is 240 g/mol. The van der Waals surface area contributed by atoms with Crippen molar-refractivity contribution in [3.8, 4) is 0 Å². The summed E-state index contributed by atoms with van der Waals surface area (Å²) in [6.45, 7) is 2.77. The van der Waals surface area contributed by atoms with Crippen LogP contribution >= 0.6 is 12.4 Å². The van der Waals surface area contributed by atoms with E-state index in [-0.39, 0.29) is 18.4 Å². The molecule has 1 rings (SSSR count). The molecule has 0 fully saturated rings. The molecule has 0 saturated carbocycles. The number of nitrogens with zero attached hydrogens (tertiary/aromatic N) is 1. The summed E-state index contributed by atoms with van der Waals surface area (Å²) in [6, 6.07) is 9.58. The number of halogens is 1. The molecule has 0 spiro atoms. The van der Waals surface area contributed by atoms with Gasteiger partial charge in [-0.25, -0.2) is 4.79 Å². The van der Waals surface area contributed by atoms with Crippen LogP contribution in [0.3, 0.4) is 0 Å². The summed E-state index contributed by atoms with van der Waals surface area (Å²) in [4.78, 5) is 12.4. The molecule has 0 heterocycles. The Labute approximate surface area is 108 Å². The van der Waals surface area contributed by atoms with Crippen LogP contribution in [0.2, 0.25) is 0 Å². The van der Waals surface area contributed by atoms with Gasteiger partial charge in [-0.1, -0.05) is 30.3 Å². The van der Waals surface area contributed by atoms with Crippen molar-refractivity contribution >= 4 is 18.5 Å². The Bertz CT molecular complexity index is 331. The van der Waals surface area contributed by atoms with Crippen molar-refractivity contribution in [1.29, 1.82) is 0 Å². The first-order valence-electron chi connectivity index (χ1n) is 5.37. The quantitative estimate of drug-likeness (QED) is 0.852. The molecule has 0 aliphatic heterocycles. The van der Waals surface area contributed by atoms with Gasteiger partial charge in [0, 0.05) is 19.1 Å². The molecule has 4 nitrogen and oxygen atoms in total. The highest BCUT2D eigenvalue weighted by Gasteiger charge is 2.12. The maximum Gasteiger partial charge on any atom is 0.407 e. The van der Waals surface area contributed by atoms with E-state index in [1.165, 1.54) is 4.90 Å². The summed E-state index contributed by atoms with van der Waals surface area (Å²) in [5.74, 6) is 0. The van der Waals surface area contributed by atoms with Crippen molar-refractivity contribution in [2.24, 2.45) is 5.73 Å². The van der Waals surface area contributed by atoms with Crippen molar-refractivity contribution in [2.45, 2.75) is 25.9 Å². The predicted octanol–water partition coefficient (Wildman–Crippen LogP) is 2.33. The van der Waals surface area contributed by atoms with Gasteiger partial charge in [-0.3, -0.25) is 0 Å². The minimum Gasteiger partial charge on any atom is -0.465 e. The number of carbonyl (C=O) groups is 1. The van der Waals surface area contributed by atoms with E-state index in [0.717, 1.165) is 5.56 Å². The first kappa shape index (κ1) is 15.7. The highest BCUT2D eigenvalue weighted by atomic mass is 35.5. The van der Waals surface area contributed by atoms with E-state index in [4.69, 9.17) is 10.8 Å². The van der Waals surface area contributed by atoms with Crippen LogP contribution in [-0.4, -0.2) is 28.7 Å². The topological polar surface area (TPSA) is 66.6 Å². The van der Waals surface area contributed by atoms with Crippen molar-refractivity contribution in [3.63, 3.8) is 0 Å². The second kappa shape index (κ2) is 7.92. The van der Waals surface area contributed by atoms with Gasteiger partial charge < -0.3 is 15.7 Å². The fraction of sp³-hybridized carbons (Fsp3) is 0.417. The monoisotopic (exact) mass is 258 g/mol. The van der Waals surface area contributed by atoms with Crippen LogP contribution in [0, 0.1) is 0 Å². The molecule has 0 aromatic heterocycles. The number of hydrogen-bond acceptors (Lipinski definition) is 2. The van der Waals surface area contributed by atoms with Gasteiger partial charge in [0.25, 0.3) is 0 Å². The Kier molecular flexibility index (Phi) is 7.34. The van der Waals surface area contributed by atoms with Gasteiger partial charge in [-0.05, 0) is 18.9 Å². The van der Waals surface area contributed by atoms with E-state index in [1.54, 1.807) is 0 Å². The molecular formula is C12H19ClN2O2. The van der Waals surface area contributed by atoms with E-state index in [0.29, 0.717) is 19.5 Å². The number of rotatable bonds is 5. The van der Waals surface area contributed by atoms with Crippen molar-refractivity contribution in [2.75, 3.05) is 6.54 Å². The number of hydrogen-bond donors (Lipinski definition) is 2. The molecule has 1 aromatic carbocycles. The third kappa shape index (κ3) is 6.14. The van der Waals surface area contributed by atoms with Gasteiger partial charge in [0.1, 0.15) is 0 Å². The Morgan fingerprint density at radius 1 is 1.41 bits per heavy atom. The zero-order valence-electron chi connectivity index (χ0n) is 9.87. The highest BCUT2D eigenvalue weighted by molar-refractivity contribution is 5.85. The fourth-order valence-corrected chi connectivity index (χ4v) is 1.41. The number of benzene rings is 1. The Morgan fingerprint density at radius 3 is 2.47 bits per heavy atom. The smallest absolute Gasteiger partial charge is 0.407 e. The highest BCUT2D eigenvalue weighted by Crippen LogP contribution is 2.05. The Hall–Kier alpha value is -1.26. The van der Waals surface area contributed by atoms with Crippen molar-refractivity contribution < 1.29 is 9.90 Å². The lowest BCUT2D eigenvalue weighted by atomic mass is 10.2. The van der Waals surface area contributed by atoms with E-state index >= 15 is 0 Å². The van der Waals surface area contributed by atoms with Crippen molar-refractivity contribution in [1.82, 2.24) is 4.90 Å². The number of carboxylic acid groups (broad SMARTS) is 1. The van der Waals surface area contributed by atoms with Crippen LogP contribution in [0.25, 0.3) is 0 Å². The molecule has 1 unspecified atom stereocenters. The summed E-state index contributed by atoms with van der Waals surface area (Å²) in [6.07, 6.45) is -0.219. The maximum absolute atomic E-state index is 11.0. The molecule has 0 bridgehead atoms. The Morgan fingerprint density at radius 2 is 2.00 bits per heavy atom. The summed E-state index contributed by atoms with van der Waals surface area (Å²) < 4.78 is 0. The molecule has 1 aromatic rings. The van der Waals surface area contributed by atoms with Crippen molar-refractivity contribution in [3.05, 3.63) is 35.9 Å². The minimum atomic E-state index is -0.899. The van der Waals surface area contributed by atoms with Crippen LogP contribution in [-0.2, 0) is 6.54 Å². The Balaban J connectivity index is 0.00000256. The molecule has 0 aliphatic carbocycles. The van der Waals surface area contributed by atoms with Gasteiger partial charge in [0.2, 0.25) is 0 Å². The third-order valence-electron chi connectivity index (χ3n) is 2.34. The van der Waals surface area contributed by atoms with Crippen LogP contribution in [0.15, 0.2) is 30.3 Å². The fourth-order valence-electron chi connectivity index (χ4n) is 1.41. The average molecular weight is 259 g/mol. The van der Waals surface area contributed by atoms with E-state index < -0.39 is 6.09 Å². The zero-order chi connectivity index (χ0) is 12.0. The predicted molar refractivity (Wildman–Crippen MR) is 70.4 cm³/mol. The molecule has 96 valence electrons. The maximum atomic E-state index is 11.0. The number of nitrogens with two attached hydrogens (primary N) is 1. The standard InChI is InChI=1S/C12H18N2O2.ClH/c1-10(13)7-8-14(12(15)16)9-11-5-3-2-4-6-11;/h2-6,10H,7-9,13H2,1H3,(H,15,16);1H. The third-order valence-corrected chi connectivity index (χ3v) is 2.34. The van der Waals surface area contributed by atoms with Crippen LogP contribution in [0.5, 0.6) is 0 Å². The summed E-state index contributed by atoms with van der Waals surface area (Å²) in [5.41, 5.74) is 6.61. The SMILES string of the molecule is CC(N)CCN(Cc1ccccc1)C(=O)O.Cl. The molecule has 3 N–H and O–H groups in total. The molecule has 0 saturated heterocycles. The first-order chi connectivity index (χ1) is 7.59. The second-order valence-electron chi connectivity index (χ2n) is 3.96. The second-order valence-corrected chi connectivity index (χ2v) is 3.96. The summed E-state index contributed by atoms with van der Waals surface area (Å²) >= 11 is 0. The summed E-state index contributed by atoms with van der Waals surface area (Å²) in [5, 5.41) is 9.03. The first-order valence-corrected chi connectivity index (χ1v) is 5.37. The van der Waals surface area contributed by atoms with Gasteiger partial charge in [0.05, 0.1) is 0 Å². The van der Waals surface area contributed by atoms with E-state index in [1.807, 2.05) is 37.3 Å². The van der Waals surface area contributed by atoms with E-state index in [9.17, 15) is 4.79 Å². The van der Waals surface area contributed by atoms with Gasteiger partial charge in [0.15, 0.2) is 0 Å². The van der Waals surface area contributed by atoms with Gasteiger partial charge >= 0.3 is 6.09 Å². The zero-order valence-corrected chi connectivity index (χ0v) is 10.7. The average Bonchev–Trinajstić information content (AvgIpc) is 2.25. The normalized spacial score (nSPS) is 11.4. The lowest BCUT2D eigenvalue weighted by Gasteiger charge is -2.20. The molecule has 0 aliphatic rings.